The maximum absolute atomic E-state index is 3.57. The van der Waals surface area contributed by atoms with Gasteiger partial charge in [-0.15, -0.1) is 0 Å². The summed E-state index contributed by atoms with van der Waals surface area (Å²) >= 11 is 3.46. The van der Waals surface area contributed by atoms with E-state index in [9.17, 15) is 0 Å². The minimum atomic E-state index is 0.617. The van der Waals surface area contributed by atoms with Crippen LogP contribution in [0, 0.1) is 0 Å². The Bertz CT molecular complexity index is 268. The quantitative estimate of drug-likeness (QED) is 0.829. The van der Waals surface area contributed by atoms with Crippen LogP contribution in [0.3, 0.4) is 0 Å². The molecule has 0 aliphatic rings. The Kier molecular flexibility index (Phi) is 5.96. The summed E-state index contributed by atoms with van der Waals surface area (Å²) in [6, 6.07) is 9.23. The Labute approximate surface area is 101 Å². The van der Waals surface area contributed by atoms with E-state index in [2.05, 4.69) is 59.4 Å². The fourth-order valence-corrected chi connectivity index (χ4v) is 1.88. The second-order valence-electron chi connectivity index (χ2n) is 3.89. The van der Waals surface area contributed by atoms with Crippen molar-refractivity contribution in [2.24, 2.45) is 0 Å². The Morgan fingerprint density at radius 1 is 1.20 bits per heavy atom. The molecule has 0 saturated carbocycles. The van der Waals surface area contributed by atoms with Gasteiger partial charge in [-0.2, -0.15) is 0 Å². The third-order valence-electron chi connectivity index (χ3n) is 2.57. The Morgan fingerprint density at radius 3 is 2.40 bits per heavy atom. The zero-order valence-corrected chi connectivity index (χ0v) is 11.2. The van der Waals surface area contributed by atoms with E-state index in [0.29, 0.717) is 6.04 Å². The molecule has 0 fully saturated rings. The van der Waals surface area contributed by atoms with Crippen molar-refractivity contribution < 1.29 is 0 Å². The van der Waals surface area contributed by atoms with Crippen LogP contribution in [0.15, 0.2) is 28.7 Å². The van der Waals surface area contributed by atoms with Gasteiger partial charge in [0.2, 0.25) is 0 Å². The zero-order valence-electron chi connectivity index (χ0n) is 9.59. The van der Waals surface area contributed by atoms with Gasteiger partial charge in [0.15, 0.2) is 0 Å². The molecule has 1 aromatic rings. The van der Waals surface area contributed by atoms with E-state index in [0.717, 1.165) is 17.4 Å². The lowest BCUT2D eigenvalue weighted by Gasteiger charge is -2.16. The number of halogens is 1. The first-order valence-electron chi connectivity index (χ1n) is 5.74. The van der Waals surface area contributed by atoms with Crippen LogP contribution in [-0.4, -0.2) is 12.6 Å². The summed E-state index contributed by atoms with van der Waals surface area (Å²) in [6.07, 6.45) is 3.52. The highest BCUT2D eigenvalue weighted by Crippen LogP contribution is 2.12. The van der Waals surface area contributed by atoms with Crippen molar-refractivity contribution in [2.75, 3.05) is 6.54 Å². The van der Waals surface area contributed by atoms with Crippen LogP contribution in [-0.2, 0) is 6.42 Å². The highest BCUT2D eigenvalue weighted by atomic mass is 79.9. The summed E-state index contributed by atoms with van der Waals surface area (Å²) in [4.78, 5) is 0. The van der Waals surface area contributed by atoms with Crippen LogP contribution in [0.25, 0.3) is 0 Å². The van der Waals surface area contributed by atoms with Gasteiger partial charge in [-0.05, 0) is 43.5 Å². The van der Waals surface area contributed by atoms with Crippen molar-refractivity contribution >= 4 is 15.9 Å². The molecule has 0 aromatic heterocycles. The van der Waals surface area contributed by atoms with Crippen LogP contribution in [0.1, 0.15) is 32.3 Å². The molecular formula is C13H20BrN. The molecule has 1 nitrogen and oxygen atoms in total. The van der Waals surface area contributed by atoms with E-state index >= 15 is 0 Å². The van der Waals surface area contributed by atoms with Crippen molar-refractivity contribution in [1.29, 1.82) is 0 Å². The molecule has 0 heterocycles. The predicted molar refractivity (Wildman–Crippen MR) is 70.2 cm³/mol. The molecule has 0 amide bonds. The Hall–Kier alpha value is -0.340. The topological polar surface area (TPSA) is 12.0 Å². The van der Waals surface area contributed by atoms with E-state index in [1.54, 1.807) is 0 Å². The third kappa shape index (κ3) is 4.80. The second kappa shape index (κ2) is 7.02. The van der Waals surface area contributed by atoms with Gasteiger partial charge in [0.1, 0.15) is 0 Å². The molecule has 0 aliphatic heterocycles. The van der Waals surface area contributed by atoms with E-state index in [4.69, 9.17) is 0 Å². The van der Waals surface area contributed by atoms with Gasteiger partial charge in [0, 0.05) is 10.5 Å². The largest absolute Gasteiger partial charge is 0.314 e. The van der Waals surface area contributed by atoms with Gasteiger partial charge >= 0.3 is 0 Å². The van der Waals surface area contributed by atoms with Crippen LogP contribution >= 0.6 is 15.9 Å². The normalized spacial score (nSPS) is 12.7. The fraction of sp³-hybridized carbons (Fsp3) is 0.538. The Balaban J connectivity index is 2.47. The molecule has 84 valence electrons. The summed E-state index contributed by atoms with van der Waals surface area (Å²) < 4.78 is 1.15. The van der Waals surface area contributed by atoms with Gasteiger partial charge in [-0.3, -0.25) is 0 Å². The first kappa shape index (κ1) is 12.7. The summed E-state index contributed by atoms with van der Waals surface area (Å²) in [5.74, 6) is 0. The lowest BCUT2D eigenvalue weighted by atomic mass is 10.0. The van der Waals surface area contributed by atoms with Crippen LogP contribution in [0.2, 0.25) is 0 Å². The molecule has 0 saturated heterocycles. The number of hydrogen-bond donors (Lipinski definition) is 1. The van der Waals surface area contributed by atoms with Gasteiger partial charge < -0.3 is 5.32 Å². The lowest BCUT2D eigenvalue weighted by molar-refractivity contribution is 0.495. The van der Waals surface area contributed by atoms with Crippen molar-refractivity contribution in [3.05, 3.63) is 34.3 Å². The maximum atomic E-state index is 3.57. The molecule has 1 aromatic carbocycles. The van der Waals surface area contributed by atoms with Crippen LogP contribution in [0.4, 0.5) is 0 Å². The molecule has 1 rings (SSSR count). The molecule has 0 spiro atoms. The fourth-order valence-electron chi connectivity index (χ4n) is 1.61. The zero-order chi connectivity index (χ0) is 11.1. The van der Waals surface area contributed by atoms with Crippen molar-refractivity contribution in [2.45, 2.75) is 39.2 Å². The van der Waals surface area contributed by atoms with Crippen molar-refractivity contribution in [1.82, 2.24) is 5.32 Å². The van der Waals surface area contributed by atoms with Gasteiger partial charge in [0.25, 0.3) is 0 Å². The molecule has 2 heteroatoms. The predicted octanol–water partition coefficient (Wildman–Crippen LogP) is 3.77. The molecule has 15 heavy (non-hydrogen) atoms. The van der Waals surface area contributed by atoms with E-state index in [1.165, 1.54) is 18.4 Å². The summed E-state index contributed by atoms with van der Waals surface area (Å²) in [5.41, 5.74) is 1.41. The average Bonchev–Trinajstić information content (AvgIpc) is 2.27. The van der Waals surface area contributed by atoms with Gasteiger partial charge in [0.05, 0.1) is 0 Å². The monoisotopic (exact) mass is 269 g/mol. The van der Waals surface area contributed by atoms with Crippen LogP contribution < -0.4 is 5.32 Å². The molecule has 1 atom stereocenters. The number of benzene rings is 1. The first-order chi connectivity index (χ1) is 7.26. The molecule has 0 aliphatic carbocycles. The molecule has 1 N–H and O–H groups in total. The molecule has 1 unspecified atom stereocenters. The minimum absolute atomic E-state index is 0.617. The SMILES string of the molecule is CCCNC(CC)Cc1ccc(Br)cc1. The van der Waals surface area contributed by atoms with Gasteiger partial charge in [-0.1, -0.05) is 41.9 Å². The average molecular weight is 270 g/mol. The molecule has 0 bridgehead atoms. The maximum Gasteiger partial charge on any atom is 0.0175 e. The summed E-state index contributed by atoms with van der Waals surface area (Å²) in [6.45, 7) is 5.57. The van der Waals surface area contributed by atoms with E-state index in [1.807, 2.05) is 0 Å². The van der Waals surface area contributed by atoms with Crippen LogP contribution in [0.5, 0.6) is 0 Å². The summed E-state index contributed by atoms with van der Waals surface area (Å²) in [7, 11) is 0. The highest BCUT2D eigenvalue weighted by molar-refractivity contribution is 9.10. The van der Waals surface area contributed by atoms with Crippen molar-refractivity contribution in [3.63, 3.8) is 0 Å². The Morgan fingerprint density at radius 2 is 1.87 bits per heavy atom. The molecular weight excluding hydrogens is 250 g/mol. The smallest absolute Gasteiger partial charge is 0.0175 e. The van der Waals surface area contributed by atoms with Crippen molar-refractivity contribution in [3.8, 4) is 0 Å². The lowest BCUT2D eigenvalue weighted by Crippen LogP contribution is -2.31. The minimum Gasteiger partial charge on any atom is -0.314 e. The standard InChI is InChI=1S/C13H20BrN/c1-3-9-15-13(4-2)10-11-5-7-12(14)8-6-11/h5-8,13,15H,3-4,9-10H2,1-2H3. The number of hydrogen-bond acceptors (Lipinski definition) is 1. The number of nitrogens with one attached hydrogen (secondary N) is 1. The molecule has 0 radical (unpaired) electrons. The van der Waals surface area contributed by atoms with E-state index < -0.39 is 0 Å². The second-order valence-corrected chi connectivity index (χ2v) is 4.81. The van der Waals surface area contributed by atoms with E-state index in [-0.39, 0.29) is 0 Å². The summed E-state index contributed by atoms with van der Waals surface area (Å²) in [5, 5.41) is 3.57. The third-order valence-corrected chi connectivity index (χ3v) is 3.10. The highest BCUT2D eigenvalue weighted by Gasteiger charge is 2.05. The first-order valence-corrected chi connectivity index (χ1v) is 6.53. The van der Waals surface area contributed by atoms with Gasteiger partial charge in [-0.25, -0.2) is 0 Å². The number of rotatable bonds is 6.